The molecular formula is C17H26ClN3O2. The molecule has 5 nitrogen and oxygen atoms in total. The molecule has 1 aliphatic heterocycles. The highest BCUT2D eigenvalue weighted by Gasteiger charge is 2.27. The molecule has 0 bridgehead atoms. The van der Waals surface area contributed by atoms with Gasteiger partial charge in [-0.2, -0.15) is 0 Å². The van der Waals surface area contributed by atoms with Crippen LogP contribution in [0.1, 0.15) is 38.3 Å². The highest BCUT2D eigenvalue weighted by Crippen LogP contribution is 2.19. The van der Waals surface area contributed by atoms with Crippen molar-refractivity contribution in [3.8, 4) is 0 Å². The van der Waals surface area contributed by atoms with Gasteiger partial charge in [-0.05, 0) is 18.9 Å². The Morgan fingerprint density at radius 3 is 2.48 bits per heavy atom. The van der Waals surface area contributed by atoms with Crippen molar-refractivity contribution >= 4 is 24.2 Å². The summed E-state index contributed by atoms with van der Waals surface area (Å²) >= 11 is 0. The Bertz CT molecular complexity index is 522. The maximum absolute atomic E-state index is 12.3. The number of nitrogens with one attached hydrogen (secondary N) is 1. The quantitative estimate of drug-likeness (QED) is 0.830. The third-order valence-corrected chi connectivity index (χ3v) is 4.30. The molecule has 1 heterocycles. The van der Waals surface area contributed by atoms with Crippen molar-refractivity contribution in [2.75, 3.05) is 13.1 Å². The van der Waals surface area contributed by atoms with E-state index in [4.69, 9.17) is 5.73 Å². The number of carbonyl (C=O) groups excluding carboxylic acids is 2. The van der Waals surface area contributed by atoms with E-state index in [0.717, 1.165) is 18.5 Å². The molecule has 23 heavy (non-hydrogen) atoms. The number of likely N-dealkylation sites (tertiary alicyclic amines) is 1. The van der Waals surface area contributed by atoms with Crippen LogP contribution in [0.25, 0.3) is 0 Å². The fourth-order valence-electron chi connectivity index (χ4n) is 2.58. The molecule has 0 saturated carbocycles. The second-order valence-electron chi connectivity index (χ2n) is 6.06. The molecule has 1 aromatic carbocycles. The number of hydrogen-bond acceptors (Lipinski definition) is 3. The lowest BCUT2D eigenvalue weighted by Crippen LogP contribution is -2.44. The molecule has 1 fully saturated rings. The van der Waals surface area contributed by atoms with Crippen LogP contribution in [0.3, 0.4) is 0 Å². The van der Waals surface area contributed by atoms with Crippen molar-refractivity contribution in [2.45, 2.75) is 38.8 Å². The van der Waals surface area contributed by atoms with Crippen LogP contribution in [0.4, 0.5) is 0 Å². The van der Waals surface area contributed by atoms with Gasteiger partial charge in [-0.1, -0.05) is 37.3 Å². The van der Waals surface area contributed by atoms with Crippen molar-refractivity contribution in [2.24, 2.45) is 11.7 Å². The van der Waals surface area contributed by atoms with E-state index in [1.165, 1.54) is 0 Å². The van der Waals surface area contributed by atoms with Crippen molar-refractivity contribution in [1.82, 2.24) is 10.2 Å². The number of amides is 2. The van der Waals surface area contributed by atoms with Crippen LogP contribution >= 0.6 is 12.4 Å². The van der Waals surface area contributed by atoms with Gasteiger partial charge in [0.15, 0.2) is 0 Å². The standard InChI is InChI=1S/C17H25N3O2.ClH/c1-12(13(2)18)17(22)19-15(14-7-4-3-5-8-14)11-20-10-6-9-16(20)21;/h3-5,7-8,12-13,15H,6,9-11,18H2,1-2H3,(H,19,22);1H. The van der Waals surface area contributed by atoms with Crippen LogP contribution in [0.2, 0.25) is 0 Å². The average molecular weight is 340 g/mol. The molecule has 6 heteroatoms. The van der Waals surface area contributed by atoms with Gasteiger partial charge in [0, 0.05) is 31.5 Å². The molecule has 1 aromatic rings. The van der Waals surface area contributed by atoms with Gasteiger partial charge in [0.25, 0.3) is 0 Å². The number of hydrogen-bond donors (Lipinski definition) is 2. The van der Waals surface area contributed by atoms with Gasteiger partial charge in [-0.3, -0.25) is 9.59 Å². The Morgan fingerprint density at radius 1 is 1.30 bits per heavy atom. The molecule has 1 aliphatic rings. The third-order valence-electron chi connectivity index (χ3n) is 4.30. The van der Waals surface area contributed by atoms with Crippen LogP contribution in [-0.4, -0.2) is 35.8 Å². The Labute approximate surface area is 144 Å². The van der Waals surface area contributed by atoms with Crippen molar-refractivity contribution in [3.05, 3.63) is 35.9 Å². The van der Waals surface area contributed by atoms with E-state index >= 15 is 0 Å². The molecule has 2 rings (SSSR count). The van der Waals surface area contributed by atoms with Crippen molar-refractivity contribution in [3.63, 3.8) is 0 Å². The van der Waals surface area contributed by atoms with E-state index in [0.29, 0.717) is 13.0 Å². The van der Waals surface area contributed by atoms with E-state index < -0.39 is 0 Å². The van der Waals surface area contributed by atoms with Crippen LogP contribution in [0.15, 0.2) is 30.3 Å². The van der Waals surface area contributed by atoms with Crippen molar-refractivity contribution < 1.29 is 9.59 Å². The fraction of sp³-hybridized carbons (Fsp3) is 0.529. The highest BCUT2D eigenvalue weighted by molar-refractivity contribution is 5.85. The second kappa shape index (κ2) is 8.89. The number of benzene rings is 1. The highest BCUT2D eigenvalue weighted by atomic mass is 35.5. The molecular weight excluding hydrogens is 314 g/mol. The van der Waals surface area contributed by atoms with E-state index in [-0.39, 0.29) is 42.2 Å². The third kappa shape index (κ3) is 5.22. The molecule has 128 valence electrons. The van der Waals surface area contributed by atoms with Gasteiger partial charge in [-0.15, -0.1) is 12.4 Å². The summed E-state index contributed by atoms with van der Waals surface area (Å²) in [5, 5.41) is 3.05. The maximum Gasteiger partial charge on any atom is 0.224 e. The van der Waals surface area contributed by atoms with Gasteiger partial charge in [-0.25, -0.2) is 0 Å². The Balaban J connectivity index is 0.00000264. The molecule has 0 spiro atoms. The molecule has 2 amide bonds. The Hall–Kier alpha value is -1.59. The molecule has 1 saturated heterocycles. The minimum atomic E-state index is -0.263. The SMILES string of the molecule is CC(N)C(C)C(=O)NC(CN1CCCC1=O)c1ccccc1.Cl. The summed E-state index contributed by atoms with van der Waals surface area (Å²) in [6, 6.07) is 9.37. The number of halogens is 1. The summed E-state index contributed by atoms with van der Waals surface area (Å²) in [4.78, 5) is 26.0. The molecule has 3 N–H and O–H groups in total. The zero-order valence-electron chi connectivity index (χ0n) is 13.7. The predicted molar refractivity (Wildman–Crippen MR) is 93.2 cm³/mol. The molecule has 3 atom stereocenters. The lowest BCUT2D eigenvalue weighted by Gasteiger charge is -2.27. The fourth-order valence-corrected chi connectivity index (χ4v) is 2.58. The number of rotatable bonds is 6. The van der Waals surface area contributed by atoms with Gasteiger partial charge < -0.3 is 16.0 Å². The summed E-state index contributed by atoms with van der Waals surface area (Å²) in [5.41, 5.74) is 6.82. The zero-order chi connectivity index (χ0) is 16.1. The molecule has 0 aliphatic carbocycles. The lowest BCUT2D eigenvalue weighted by molar-refractivity contribution is -0.130. The summed E-state index contributed by atoms with van der Waals surface area (Å²) in [6.45, 7) is 4.93. The van der Waals surface area contributed by atoms with Crippen LogP contribution in [-0.2, 0) is 9.59 Å². The second-order valence-corrected chi connectivity index (χ2v) is 6.06. The van der Waals surface area contributed by atoms with Gasteiger partial charge >= 0.3 is 0 Å². The largest absolute Gasteiger partial charge is 0.347 e. The molecule has 0 aromatic heterocycles. The van der Waals surface area contributed by atoms with Gasteiger partial charge in [0.05, 0.1) is 6.04 Å². The van der Waals surface area contributed by atoms with Crippen LogP contribution in [0, 0.1) is 5.92 Å². The van der Waals surface area contributed by atoms with Crippen molar-refractivity contribution in [1.29, 1.82) is 0 Å². The van der Waals surface area contributed by atoms with E-state index in [9.17, 15) is 9.59 Å². The smallest absolute Gasteiger partial charge is 0.224 e. The minimum absolute atomic E-state index is 0. The average Bonchev–Trinajstić information content (AvgIpc) is 2.91. The van der Waals surface area contributed by atoms with Gasteiger partial charge in [0.2, 0.25) is 11.8 Å². The minimum Gasteiger partial charge on any atom is -0.347 e. The van der Waals surface area contributed by atoms with Crippen LogP contribution < -0.4 is 11.1 Å². The summed E-state index contributed by atoms with van der Waals surface area (Å²) < 4.78 is 0. The topological polar surface area (TPSA) is 75.4 Å². The van der Waals surface area contributed by atoms with E-state index in [1.54, 1.807) is 0 Å². The van der Waals surface area contributed by atoms with Crippen LogP contribution in [0.5, 0.6) is 0 Å². The summed E-state index contributed by atoms with van der Waals surface area (Å²) in [7, 11) is 0. The Morgan fingerprint density at radius 2 is 1.96 bits per heavy atom. The zero-order valence-corrected chi connectivity index (χ0v) is 14.5. The molecule has 0 radical (unpaired) electrons. The first-order valence-electron chi connectivity index (χ1n) is 7.87. The lowest BCUT2D eigenvalue weighted by atomic mass is 10.0. The number of nitrogens with two attached hydrogens (primary N) is 1. The number of carbonyl (C=O) groups is 2. The summed E-state index contributed by atoms with van der Waals surface area (Å²) in [6.07, 6.45) is 1.50. The normalized spacial score (nSPS) is 18.0. The van der Waals surface area contributed by atoms with E-state index in [1.807, 2.05) is 49.1 Å². The first kappa shape index (κ1) is 19.5. The summed E-state index contributed by atoms with van der Waals surface area (Å²) in [5.74, 6) is -0.175. The monoisotopic (exact) mass is 339 g/mol. The predicted octanol–water partition coefficient (Wildman–Crippen LogP) is 1.87. The number of nitrogens with zero attached hydrogens (tertiary/aromatic N) is 1. The Kier molecular flexibility index (Phi) is 7.52. The first-order valence-corrected chi connectivity index (χ1v) is 7.87. The maximum atomic E-state index is 12.3. The molecule has 3 unspecified atom stereocenters. The van der Waals surface area contributed by atoms with E-state index in [2.05, 4.69) is 5.32 Å². The first-order chi connectivity index (χ1) is 10.5. The van der Waals surface area contributed by atoms with Gasteiger partial charge in [0.1, 0.15) is 0 Å².